The van der Waals surface area contributed by atoms with Crippen molar-refractivity contribution in [2.45, 2.75) is 77.8 Å². The summed E-state index contributed by atoms with van der Waals surface area (Å²) in [6, 6.07) is 1.54. The summed E-state index contributed by atoms with van der Waals surface area (Å²) in [4.78, 5) is 0. The van der Waals surface area contributed by atoms with Crippen LogP contribution in [0.3, 0.4) is 0 Å². The quantitative estimate of drug-likeness (QED) is 0.708. The van der Waals surface area contributed by atoms with Crippen LogP contribution in [0.5, 0.6) is 0 Å². The van der Waals surface area contributed by atoms with Crippen molar-refractivity contribution in [1.82, 2.24) is 5.32 Å². The van der Waals surface area contributed by atoms with Crippen LogP contribution in [0.2, 0.25) is 0 Å². The summed E-state index contributed by atoms with van der Waals surface area (Å²) in [7, 11) is 0. The molecule has 1 fully saturated rings. The summed E-state index contributed by atoms with van der Waals surface area (Å²) < 4.78 is 0. The molecule has 1 aliphatic carbocycles. The molecule has 0 aliphatic heterocycles. The molecule has 0 bridgehead atoms. The Hall–Kier alpha value is -0.0400. The number of hydrogen-bond acceptors (Lipinski definition) is 1. The first-order chi connectivity index (χ1) is 6.76. The van der Waals surface area contributed by atoms with Gasteiger partial charge in [0, 0.05) is 12.1 Å². The summed E-state index contributed by atoms with van der Waals surface area (Å²) >= 11 is 0. The van der Waals surface area contributed by atoms with E-state index in [1.165, 1.54) is 44.9 Å². The minimum absolute atomic E-state index is 0.725. The Morgan fingerprint density at radius 1 is 1.14 bits per heavy atom. The van der Waals surface area contributed by atoms with Gasteiger partial charge in [-0.05, 0) is 44.9 Å². The first kappa shape index (κ1) is 12.0. The zero-order valence-corrected chi connectivity index (χ0v) is 10.2. The van der Waals surface area contributed by atoms with E-state index in [2.05, 4.69) is 26.1 Å². The zero-order valence-electron chi connectivity index (χ0n) is 10.2. The van der Waals surface area contributed by atoms with Gasteiger partial charge in [-0.15, -0.1) is 0 Å². The summed E-state index contributed by atoms with van der Waals surface area (Å²) in [5.74, 6) is 1.02. The van der Waals surface area contributed by atoms with Crippen molar-refractivity contribution < 1.29 is 0 Å². The lowest BCUT2D eigenvalue weighted by Gasteiger charge is -2.30. The molecule has 1 rings (SSSR count). The number of nitrogens with one attached hydrogen (secondary N) is 1. The molecule has 84 valence electrons. The van der Waals surface area contributed by atoms with Gasteiger partial charge < -0.3 is 5.32 Å². The molecule has 0 aromatic carbocycles. The molecule has 0 saturated heterocycles. The number of rotatable bonds is 5. The molecule has 1 aliphatic rings. The second-order valence-corrected chi connectivity index (χ2v) is 4.98. The standard InChI is InChI=1S/C13H27N/c1-4-6-11(3)14-13-9-7-12(5-2)8-10-13/h11-14H,4-10H2,1-3H3. The number of hydrogen-bond donors (Lipinski definition) is 1. The van der Waals surface area contributed by atoms with Crippen molar-refractivity contribution in [3.63, 3.8) is 0 Å². The second-order valence-electron chi connectivity index (χ2n) is 4.98. The van der Waals surface area contributed by atoms with Gasteiger partial charge in [-0.2, -0.15) is 0 Å². The van der Waals surface area contributed by atoms with Crippen LogP contribution in [-0.2, 0) is 0 Å². The van der Waals surface area contributed by atoms with Gasteiger partial charge in [-0.3, -0.25) is 0 Å². The molecular formula is C13H27N. The second kappa shape index (κ2) is 6.44. The first-order valence-corrected chi connectivity index (χ1v) is 6.52. The van der Waals surface area contributed by atoms with Gasteiger partial charge in [0.15, 0.2) is 0 Å². The fourth-order valence-electron chi connectivity index (χ4n) is 2.66. The van der Waals surface area contributed by atoms with Crippen LogP contribution >= 0.6 is 0 Å². The van der Waals surface area contributed by atoms with Crippen molar-refractivity contribution in [2.24, 2.45) is 5.92 Å². The van der Waals surface area contributed by atoms with Crippen LogP contribution in [0.4, 0.5) is 0 Å². The lowest BCUT2D eigenvalue weighted by molar-refractivity contribution is 0.269. The largest absolute Gasteiger partial charge is 0.312 e. The Morgan fingerprint density at radius 2 is 1.79 bits per heavy atom. The highest BCUT2D eigenvalue weighted by molar-refractivity contribution is 4.78. The Morgan fingerprint density at radius 3 is 2.29 bits per heavy atom. The van der Waals surface area contributed by atoms with Gasteiger partial charge in [0.1, 0.15) is 0 Å². The molecular weight excluding hydrogens is 170 g/mol. The lowest BCUT2D eigenvalue weighted by atomic mass is 9.84. The zero-order chi connectivity index (χ0) is 10.4. The van der Waals surface area contributed by atoms with Crippen molar-refractivity contribution in [3.8, 4) is 0 Å². The molecule has 1 saturated carbocycles. The van der Waals surface area contributed by atoms with Gasteiger partial charge in [0.05, 0.1) is 0 Å². The summed E-state index contributed by atoms with van der Waals surface area (Å²) in [6.45, 7) is 6.93. The van der Waals surface area contributed by atoms with E-state index in [0.29, 0.717) is 0 Å². The molecule has 1 N–H and O–H groups in total. The van der Waals surface area contributed by atoms with Crippen molar-refractivity contribution in [2.75, 3.05) is 0 Å². The van der Waals surface area contributed by atoms with Crippen LogP contribution in [0.15, 0.2) is 0 Å². The molecule has 1 unspecified atom stereocenters. The van der Waals surface area contributed by atoms with E-state index in [1.807, 2.05) is 0 Å². The molecule has 0 spiro atoms. The molecule has 0 aromatic rings. The highest BCUT2D eigenvalue weighted by Crippen LogP contribution is 2.26. The van der Waals surface area contributed by atoms with Gasteiger partial charge in [0.2, 0.25) is 0 Å². The Labute approximate surface area is 89.7 Å². The van der Waals surface area contributed by atoms with Gasteiger partial charge in [-0.25, -0.2) is 0 Å². The van der Waals surface area contributed by atoms with Crippen LogP contribution in [-0.4, -0.2) is 12.1 Å². The van der Waals surface area contributed by atoms with Gasteiger partial charge in [-0.1, -0.05) is 26.7 Å². The molecule has 0 heterocycles. The van der Waals surface area contributed by atoms with E-state index in [-0.39, 0.29) is 0 Å². The van der Waals surface area contributed by atoms with E-state index in [0.717, 1.165) is 18.0 Å². The van der Waals surface area contributed by atoms with E-state index < -0.39 is 0 Å². The minimum Gasteiger partial charge on any atom is -0.312 e. The monoisotopic (exact) mass is 197 g/mol. The van der Waals surface area contributed by atoms with Crippen molar-refractivity contribution in [3.05, 3.63) is 0 Å². The topological polar surface area (TPSA) is 12.0 Å². The molecule has 0 amide bonds. The van der Waals surface area contributed by atoms with E-state index in [1.54, 1.807) is 0 Å². The molecule has 0 radical (unpaired) electrons. The third-order valence-electron chi connectivity index (χ3n) is 3.67. The third-order valence-corrected chi connectivity index (χ3v) is 3.67. The molecule has 1 atom stereocenters. The SMILES string of the molecule is CCCC(C)NC1CCC(CC)CC1. The van der Waals surface area contributed by atoms with E-state index >= 15 is 0 Å². The Bertz CT molecular complexity index is 136. The average Bonchev–Trinajstić information content (AvgIpc) is 2.19. The Balaban J connectivity index is 2.15. The highest BCUT2D eigenvalue weighted by atomic mass is 14.9. The maximum Gasteiger partial charge on any atom is 0.00697 e. The van der Waals surface area contributed by atoms with E-state index in [4.69, 9.17) is 0 Å². The predicted octanol–water partition coefficient (Wildman–Crippen LogP) is 3.73. The maximum absolute atomic E-state index is 3.76. The summed E-state index contributed by atoms with van der Waals surface area (Å²) in [5.41, 5.74) is 0. The molecule has 14 heavy (non-hydrogen) atoms. The lowest BCUT2D eigenvalue weighted by Crippen LogP contribution is -2.38. The van der Waals surface area contributed by atoms with Crippen LogP contribution < -0.4 is 5.32 Å². The van der Waals surface area contributed by atoms with Crippen LogP contribution in [0, 0.1) is 5.92 Å². The minimum atomic E-state index is 0.725. The predicted molar refractivity (Wildman–Crippen MR) is 63.5 cm³/mol. The normalized spacial score (nSPS) is 30.2. The van der Waals surface area contributed by atoms with Crippen molar-refractivity contribution >= 4 is 0 Å². The summed E-state index contributed by atoms with van der Waals surface area (Å²) in [5, 5.41) is 3.76. The van der Waals surface area contributed by atoms with E-state index in [9.17, 15) is 0 Å². The maximum atomic E-state index is 3.76. The third kappa shape index (κ3) is 4.00. The van der Waals surface area contributed by atoms with Crippen LogP contribution in [0.1, 0.15) is 65.7 Å². The fourth-order valence-corrected chi connectivity index (χ4v) is 2.66. The van der Waals surface area contributed by atoms with Gasteiger partial charge in [0.25, 0.3) is 0 Å². The first-order valence-electron chi connectivity index (χ1n) is 6.52. The van der Waals surface area contributed by atoms with Crippen LogP contribution in [0.25, 0.3) is 0 Å². The fraction of sp³-hybridized carbons (Fsp3) is 1.00. The molecule has 0 aromatic heterocycles. The highest BCUT2D eigenvalue weighted by Gasteiger charge is 2.20. The van der Waals surface area contributed by atoms with Gasteiger partial charge >= 0.3 is 0 Å². The summed E-state index contributed by atoms with van der Waals surface area (Å²) in [6.07, 6.45) is 9.74. The average molecular weight is 197 g/mol. The Kier molecular flexibility index (Phi) is 5.54. The van der Waals surface area contributed by atoms with Crippen molar-refractivity contribution in [1.29, 1.82) is 0 Å². The molecule has 1 heteroatoms. The smallest absolute Gasteiger partial charge is 0.00697 e. The molecule has 1 nitrogen and oxygen atoms in total.